The summed E-state index contributed by atoms with van der Waals surface area (Å²) in [5, 5.41) is 0. The lowest BCUT2D eigenvalue weighted by atomic mass is 10.1. The van der Waals surface area contributed by atoms with Crippen LogP contribution in [0, 0.1) is 20.8 Å². The second kappa shape index (κ2) is 6.83. The van der Waals surface area contributed by atoms with Crippen LogP contribution in [0.15, 0.2) is 39.8 Å². The molecule has 1 atom stereocenters. The Hall–Kier alpha value is -1.64. The van der Waals surface area contributed by atoms with Gasteiger partial charge in [0, 0.05) is 6.04 Å². The van der Waals surface area contributed by atoms with Gasteiger partial charge in [0.25, 0.3) is 0 Å². The summed E-state index contributed by atoms with van der Waals surface area (Å²) < 4.78 is 57.5. The molecular formula is C18H23NO5S2. The Morgan fingerprint density at radius 2 is 1.85 bits per heavy atom. The first-order valence-electron chi connectivity index (χ1n) is 8.43. The zero-order valence-electron chi connectivity index (χ0n) is 15.1. The second-order valence-electron chi connectivity index (χ2n) is 6.91. The molecule has 1 fully saturated rings. The second-order valence-corrected chi connectivity index (χ2v) is 11.0. The van der Waals surface area contributed by atoms with E-state index in [4.69, 9.17) is 4.42 Å². The monoisotopic (exact) mass is 397 g/mol. The SMILES string of the molecule is Cc1cc(C)c(S(=O)(=O)N(Cc2ccco2)[C@H]2CCS(=O)(=O)C2)c(C)c1. The summed E-state index contributed by atoms with van der Waals surface area (Å²) in [4.78, 5) is 0.249. The summed E-state index contributed by atoms with van der Waals surface area (Å²) >= 11 is 0. The molecule has 0 unspecified atom stereocenters. The molecule has 0 radical (unpaired) electrons. The van der Waals surface area contributed by atoms with Gasteiger partial charge in [0.1, 0.15) is 5.76 Å². The van der Waals surface area contributed by atoms with E-state index >= 15 is 0 Å². The predicted molar refractivity (Wildman–Crippen MR) is 99.1 cm³/mol. The summed E-state index contributed by atoms with van der Waals surface area (Å²) in [5.74, 6) is 0.338. The van der Waals surface area contributed by atoms with E-state index in [1.807, 2.05) is 19.1 Å². The molecule has 2 heterocycles. The van der Waals surface area contributed by atoms with Gasteiger partial charge in [0.05, 0.1) is 29.2 Å². The van der Waals surface area contributed by atoms with Crippen LogP contribution in [0.4, 0.5) is 0 Å². The van der Waals surface area contributed by atoms with Crippen LogP contribution in [0.5, 0.6) is 0 Å². The first-order valence-corrected chi connectivity index (χ1v) is 11.7. The molecule has 1 aromatic heterocycles. The molecule has 1 aromatic carbocycles. The Balaban J connectivity index is 2.08. The molecular weight excluding hydrogens is 374 g/mol. The van der Waals surface area contributed by atoms with E-state index in [0.717, 1.165) is 5.56 Å². The molecule has 142 valence electrons. The zero-order chi connectivity index (χ0) is 19.1. The van der Waals surface area contributed by atoms with Crippen molar-refractivity contribution in [3.05, 3.63) is 53.0 Å². The molecule has 0 spiro atoms. The van der Waals surface area contributed by atoms with Gasteiger partial charge in [0.2, 0.25) is 10.0 Å². The van der Waals surface area contributed by atoms with Crippen LogP contribution in [0.3, 0.4) is 0 Å². The standard InChI is InChI=1S/C18H23NO5S2/c1-13-9-14(2)18(15(3)10-13)26(22,23)19(11-17-5-4-7-24-17)16-6-8-25(20,21)12-16/h4-5,7,9-10,16H,6,8,11-12H2,1-3H3/t16-/m0/s1. The molecule has 2 aromatic rings. The van der Waals surface area contributed by atoms with E-state index in [-0.39, 0.29) is 22.9 Å². The minimum Gasteiger partial charge on any atom is -0.468 e. The minimum absolute atomic E-state index is 0.00764. The van der Waals surface area contributed by atoms with Crippen LogP contribution in [-0.4, -0.2) is 38.7 Å². The maximum Gasteiger partial charge on any atom is 0.244 e. The fraction of sp³-hybridized carbons (Fsp3) is 0.444. The first-order chi connectivity index (χ1) is 12.1. The van der Waals surface area contributed by atoms with E-state index in [2.05, 4.69) is 0 Å². The van der Waals surface area contributed by atoms with Crippen molar-refractivity contribution >= 4 is 19.9 Å². The molecule has 1 saturated heterocycles. The van der Waals surface area contributed by atoms with Crippen molar-refractivity contribution in [2.75, 3.05) is 11.5 Å². The van der Waals surface area contributed by atoms with Crippen molar-refractivity contribution in [3.8, 4) is 0 Å². The van der Waals surface area contributed by atoms with E-state index in [0.29, 0.717) is 23.3 Å². The quantitative estimate of drug-likeness (QED) is 0.774. The Morgan fingerprint density at radius 1 is 1.19 bits per heavy atom. The lowest BCUT2D eigenvalue weighted by Crippen LogP contribution is -2.41. The van der Waals surface area contributed by atoms with Crippen molar-refractivity contribution < 1.29 is 21.3 Å². The summed E-state index contributed by atoms with van der Waals surface area (Å²) in [6, 6.07) is 6.46. The topological polar surface area (TPSA) is 84.7 Å². The lowest BCUT2D eigenvalue weighted by Gasteiger charge is -2.28. The van der Waals surface area contributed by atoms with Gasteiger partial charge in [-0.1, -0.05) is 17.7 Å². The summed E-state index contributed by atoms with van der Waals surface area (Å²) in [6.45, 7) is 5.47. The highest BCUT2D eigenvalue weighted by atomic mass is 32.2. The summed E-state index contributed by atoms with van der Waals surface area (Å²) in [7, 11) is -7.11. The van der Waals surface area contributed by atoms with Crippen LogP contribution < -0.4 is 0 Å². The first kappa shape index (κ1) is 19.1. The van der Waals surface area contributed by atoms with Crippen LogP contribution in [-0.2, 0) is 26.4 Å². The number of sulfone groups is 1. The maximum atomic E-state index is 13.5. The largest absolute Gasteiger partial charge is 0.468 e. The average molecular weight is 398 g/mol. The molecule has 0 saturated carbocycles. The van der Waals surface area contributed by atoms with Crippen molar-refractivity contribution in [3.63, 3.8) is 0 Å². The van der Waals surface area contributed by atoms with E-state index in [1.54, 1.807) is 26.0 Å². The van der Waals surface area contributed by atoms with Crippen molar-refractivity contribution in [1.82, 2.24) is 4.31 Å². The molecule has 26 heavy (non-hydrogen) atoms. The Morgan fingerprint density at radius 3 is 2.35 bits per heavy atom. The number of sulfonamides is 1. The molecule has 1 aliphatic heterocycles. The van der Waals surface area contributed by atoms with Crippen molar-refractivity contribution in [2.45, 2.75) is 44.7 Å². The number of hydrogen-bond donors (Lipinski definition) is 0. The van der Waals surface area contributed by atoms with Gasteiger partial charge in [-0.05, 0) is 50.5 Å². The lowest BCUT2D eigenvalue weighted by molar-refractivity contribution is 0.306. The number of furan rings is 1. The Bertz CT molecular complexity index is 985. The van der Waals surface area contributed by atoms with Gasteiger partial charge in [0.15, 0.2) is 9.84 Å². The van der Waals surface area contributed by atoms with Crippen molar-refractivity contribution in [2.24, 2.45) is 0 Å². The van der Waals surface area contributed by atoms with Crippen LogP contribution >= 0.6 is 0 Å². The molecule has 0 bridgehead atoms. The van der Waals surface area contributed by atoms with E-state index < -0.39 is 25.9 Å². The summed E-state index contributed by atoms with van der Waals surface area (Å²) in [5.41, 5.74) is 2.31. The van der Waals surface area contributed by atoms with E-state index in [9.17, 15) is 16.8 Å². The average Bonchev–Trinajstić information content (AvgIpc) is 3.12. The smallest absolute Gasteiger partial charge is 0.244 e. The van der Waals surface area contributed by atoms with Gasteiger partial charge in [-0.2, -0.15) is 4.31 Å². The molecule has 8 heteroatoms. The minimum atomic E-state index is -3.88. The van der Waals surface area contributed by atoms with Gasteiger partial charge in [-0.25, -0.2) is 16.8 Å². The van der Waals surface area contributed by atoms with Crippen LogP contribution in [0.1, 0.15) is 28.9 Å². The zero-order valence-corrected chi connectivity index (χ0v) is 16.7. The van der Waals surface area contributed by atoms with Gasteiger partial charge < -0.3 is 4.42 Å². The molecule has 0 aliphatic carbocycles. The summed E-state index contributed by atoms with van der Waals surface area (Å²) in [6.07, 6.45) is 1.78. The highest BCUT2D eigenvalue weighted by molar-refractivity contribution is 7.92. The van der Waals surface area contributed by atoms with Gasteiger partial charge in [-0.3, -0.25) is 0 Å². The third-order valence-corrected chi connectivity index (χ3v) is 8.63. The molecule has 0 amide bonds. The van der Waals surface area contributed by atoms with Gasteiger partial charge in [-0.15, -0.1) is 0 Å². The molecule has 3 rings (SSSR count). The van der Waals surface area contributed by atoms with E-state index in [1.165, 1.54) is 10.6 Å². The third-order valence-electron chi connectivity index (χ3n) is 4.68. The van der Waals surface area contributed by atoms with Crippen LogP contribution in [0.25, 0.3) is 0 Å². The fourth-order valence-electron chi connectivity index (χ4n) is 3.66. The molecule has 6 nitrogen and oxygen atoms in total. The van der Waals surface area contributed by atoms with Crippen LogP contribution in [0.2, 0.25) is 0 Å². The number of rotatable bonds is 5. The Labute approximate surface area is 154 Å². The normalized spacial score (nSPS) is 19.9. The highest BCUT2D eigenvalue weighted by Crippen LogP contribution is 2.31. The fourth-order valence-corrected chi connectivity index (χ4v) is 7.52. The number of aryl methyl sites for hydroxylation is 3. The highest BCUT2D eigenvalue weighted by Gasteiger charge is 2.40. The van der Waals surface area contributed by atoms with Gasteiger partial charge >= 0.3 is 0 Å². The number of benzene rings is 1. The van der Waals surface area contributed by atoms with Crippen molar-refractivity contribution in [1.29, 1.82) is 0 Å². The Kier molecular flexibility index (Phi) is 5.02. The predicted octanol–water partition coefficient (Wildman–Crippen LogP) is 2.58. The third kappa shape index (κ3) is 3.72. The number of nitrogens with zero attached hydrogens (tertiary/aromatic N) is 1. The molecule has 1 aliphatic rings. The maximum absolute atomic E-state index is 13.5. The molecule has 0 N–H and O–H groups in total. The number of hydrogen-bond acceptors (Lipinski definition) is 5.